The number of ether oxygens (including phenoxy) is 2. The van der Waals surface area contributed by atoms with Gasteiger partial charge in [0.25, 0.3) is 0 Å². The van der Waals surface area contributed by atoms with Crippen molar-refractivity contribution in [3.63, 3.8) is 0 Å². The first-order valence-corrected chi connectivity index (χ1v) is 8.34. The zero-order valence-electron chi connectivity index (χ0n) is 14.1. The molecule has 1 aliphatic rings. The monoisotopic (exact) mass is 367 g/mol. The number of hydrogen-bond acceptors (Lipinski definition) is 5. The fourth-order valence-corrected chi connectivity index (χ4v) is 2.93. The molecule has 1 N–H and O–H groups in total. The number of pyridine rings is 1. The van der Waals surface area contributed by atoms with Crippen molar-refractivity contribution in [1.82, 2.24) is 15.2 Å². The maximum atomic E-state index is 12.2. The molecule has 0 bridgehead atoms. The Morgan fingerprint density at radius 3 is 2.62 bits per heavy atom. The normalized spacial score (nSPS) is 18.5. The van der Waals surface area contributed by atoms with Crippen molar-refractivity contribution >= 4 is 0 Å². The third-order valence-corrected chi connectivity index (χ3v) is 4.13. The van der Waals surface area contributed by atoms with Gasteiger partial charge in [-0.25, -0.2) is 0 Å². The quantitative estimate of drug-likeness (QED) is 0.851. The zero-order chi connectivity index (χ0) is 18.4. The van der Waals surface area contributed by atoms with E-state index >= 15 is 0 Å². The van der Waals surface area contributed by atoms with Crippen molar-refractivity contribution in [2.75, 3.05) is 32.8 Å². The summed E-state index contributed by atoms with van der Waals surface area (Å²) in [6.07, 6.45) is -1.07. The number of nitrogens with zero attached hydrogens (tertiary/aromatic N) is 2. The van der Waals surface area contributed by atoms with Crippen molar-refractivity contribution in [2.24, 2.45) is 0 Å². The molecule has 26 heavy (non-hydrogen) atoms. The summed E-state index contributed by atoms with van der Waals surface area (Å²) in [5.74, 6) is 0.246. The van der Waals surface area contributed by atoms with E-state index in [0.29, 0.717) is 18.9 Å². The van der Waals surface area contributed by atoms with Crippen molar-refractivity contribution in [3.8, 4) is 11.5 Å². The third-order valence-electron chi connectivity index (χ3n) is 4.13. The van der Waals surface area contributed by atoms with E-state index in [1.54, 1.807) is 6.20 Å². The minimum Gasteiger partial charge on any atom is -0.492 e. The Morgan fingerprint density at radius 2 is 1.92 bits per heavy atom. The van der Waals surface area contributed by atoms with Gasteiger partial charge in [0.05, 0.1) is 0 Å². The first-order valence-electron chi connectivity index (χ1n) is 8.34. The van der Waals surface area contributed by atoms with Crippen LogP contribution in [0.3, 0.4) is 0 Å². The Kier molecular flexibility index (Phi) is 5.95. The summed E-state index contributed by atoms with van der Waals surface area (Å²) in [5.41, 5.74) is 1.15. The molecule has 1 saturated heterocycles. The molecule has 1 unspecified atom stereocenters. The third kappa shape index (κ3) is 5.34. The molecule has 0 saturated carbocycles. The number of piperazine rings is 1. The minimum absolute atomic E-state index is 0.226. The van der Waals surface area contributed by atoms with Crippen LogP contribution in [-0.2, 0) is 0 Å². The Labute approximate surface area is 149 Å². The standard InChI is InChI=1S/C18H20F3N3O2/c19-18(20,21)26-16-5-3-15(4-6-16)25-11-10-24-9-8-23-13-17(24)14-2-1-7-22-12-14/h1-7,12,17,23H,8-11,13H2. The molecule has 5 nitrogen and oxygen atoms in total. The summed E-state index contributed by atoms with van der Waals surface area (Å²) in [6.45, 7) is 3.79. The van der Waals surface area contributed by atoms with Crippen LogP contribution in [0, 0.1) is 0 Å². The summed E-state index contributed by atoms with van der Waals surface area (Å²) in [7, 11) is 0. The smallest absolute Gasteiger partial charge is 0.492 e. The molecule has 8 heteroatoms. The van der Waals surface area contributed by atoms with E-state index in [-0.39, 0.29) is 11.8 Å². The zero-order valence-corrected chi connectivity index (χ0v) is 14.1. The number of nitrogens with one attached hydrogen (secondary N) is 1. The lowest BCUT2D eigenvalue weighted by Crippen LogP contribution is -2.47. The van der Waals surface area contributed by atoms with E-state index in [1.807, 2.05) is 12.3 Å². The Hall–Kier alpha value is -2.32. The maximum Gasteiger partial charge on any atom is 0.573 e. The predicted molar refractivity (Wildman–Crippen MR) is 90.0 cm³/mol. The van der Waals surface area contributed by atoms with E-state index in [1.165, 1.54) is 24.3 Å². The van der Waals surface area contributed by atoms with Crippen molar-refractivity contribution in [2.45, 2.75) is 12.4 Å². The van der Waals surface area contributed by atoms with Crippen LogP contribution in [-0.4, -0.2) is 49.0 Å². The number of benzene rings is 1. The molecule has 3 rings (SSSR count). The average Bonchev–Trinajstić information content (AvgIpc) is 2.63. The number of aromatic nitrogens is 1. The Morgan fingerprint density at radius 1 is 1.15 bits per heavy atom. The highest BCUT2D eigenvalue weighted by Crippen LogP contribution is 2.25. The lowest BCUT2D eigenvalue weighted by molar-refractivity contribution is -0.274. The van der Waals surface area contributed by atoms with Gasteiger partial charge in [0.15, 0.2) is 0 Å². The highest BCUT2D eigenvalue weighted by Gasteiger charge is 2.31. The van der Waals surface area contributed by atoms with Gasteiger partial charge >= 0.3 is 6.36 Å². The summed E-state index contributed by atoms with van der Waals surface area (Å²) >= 11 is 0. The van der Waals surface area contributed by atoms with Gasteiger partial charge < -0.3 is 14.8 Å². The summed E-state index contributed by atoms with van der Waals surface area (Å²) in [6, 6.07) is 9.62. The molecule has 1 aromatic heterocycles. The molecule has 2 aromatic rings. The van der Waals surface area contributed by atoms with Gasteiger partial charge in [0.2, 0.25) is 0 Å². The molecule has 1 aromatic carbocycles. The second-order valence-electron chi connectivity index (χ2n) is 5.91. The van der Waals surface area contributed by atoms with Gasteiger partial charge in [-0.15, -0.1) is 13.2 Å². The molecule has 0 spiro atoms. The number of alkyl halides is 3. The molecular weight excluding hydrogens is 347 g/mol. The molecular formula is C18H20F3N3O2. The van der Waals surface area contributed by atoms with E-state index in [9.17, 15) is 13.2 Å². The fourth-order valence-electron chi connectivity index (χ4n) is 2.93. The van der Waals surface area contributed by atoms with Gasteiger partial charge in [-0.1, -0.05) is 6.07 Å². The van der Waals surface area contributed by atoms with Crippen LogP contribution in [0.1, 0.15) is 11.6 Å². The van der Waals surface area contributed by atoms with E-state index in [0.717, 1.165) is 25.2 Å². The maximum absolute atomic E-state index is 12.2. The van der Waals surface area contributed by atoms with Crippen LogP contribution in [0.5, 0.6) is 11.5 Å². The van der Waals surface area contributed by atoms with Crippen LogP contribution in [0.15, 0.2) is 48.8 Å². The highest BCUT2D eigenvalue weighted by molar-refractivity contribution is 5.31. The van der Waals surface area contributed by atoms with Crippen LogP contribution in [0.25, 0.3) is 0 Å². The summed E-state index contributed by atoms with van der Waals surface area (Å²) < 4.78 is 46.0. The molecule has 1 fully saturated rings. The Bertz CT molecular complexity index is 680. The SMILES string of the molecule is FC(F)(F)Oc1ccc(OCCN2CCNCC2c2cccnc2)cc1. The lowest BCUT2D eigenvalue weighted by Gasteiger charge is -2.36. The second kappa shape index (κ2) is 8.37. The largest absolute Gasteiger partial charge is 0.573 e. The molecule has 0 amide bonds. The summed E-state index contributed by atoms with van der Waals surface area (Å²) in [5, 5.41) is 3.38. The van der Waals surface area contributed by atoms with Gasteiger partial charge in [-0.3, -0.25) is 9.88 Å². The lowest BCUT2D eigenvalue weighted by atomic mass is 10.1. The first kappa shape index (κ1) is 18.5. The predicted octanol–water partition coefficient (Wildman–Crippen LogP) is 3.01. The molecule has 1 aliphatic heterocycles. The molecule has 140 valence electrons. The fraction of sp³-hybridized carbons (Fsp3) is 0.389. The van der Waals surface area contributed by atoms with E-state index in [4.69, 9.17) is 4.74 Å². The van der Waals surface area contributed by atoms with Crippen LogP contribution >= 0.6 is 0 Å². The number of hydrogen-bond donors (Lipinski definition) is 1. The van der Waals surface area contributed by atoms with Crippen molar-refractivity contribution in [3.05, 3.63) is 54.4 Å². The van der Waals surface area contributed by atoms with Gasteiger partial charge in [0.1, 0.15) is 18.1 Å². The van der Waals surface area contributed by atoms with E-state index < -0.39 is 6.36 Å². The van der Waals surface area contributed by atoms with Gasteiger partial charge in [0, 0.05) is 44.6 Å². The first-order chi connectivity index (χ1) is 12.5. The number of rotatable bonds is 6. The topological polar surface area (TPSA) is 46.6 Å². The molecule has 0 aliphatic carbocycles. The van der Waals surface area contributed by atoms with Crippen molar-refractivity contribution in [1.29, 1.82) is 0 Å². The van der Waals surface area contributed by atoms with Crippen LogP contribution in [0.2, 0.25) is 0 Å². The van der Waals surface area contributed by atoms with Gasteiger partial charge in [-0.2, -0.15) is 0 Å². The molecule has 2 heterocycles. The second-order valence-corrected chi connectivity index (χ2v) is 5.91. The summed E-state index contributed by atoms with van der Waals surface area (Å²) in [4.78, 5) is 6.49. The highest BCUT2D eigenvalue weighted by atomic mass is 19.4. The minimum atomic E-state index is -4.69. The Balaban J connectivity index is 1.52. The van der Waals surface area contributed by atoms with E-state index in [2.05, 4.69) is 26.0 Å². The van der Waals surface area contributed by atoms with Crippen LogP contribution in [0.4, 0.5) is 13.2 Å². The van der Waals surface area contributed by atoms with Crippen LogP contribution < -0.4 is 14.8 Å². The van der Waals surface area contributed by atoms with Crippen molar-refractivity contribution < 1.29 is 22.6 Å². The average molecular weight is 367 g/mol. The molecule has 0 radical (unpaired) electrons. The molecule has 1 atom stereocenters. The number of halogens is 3. The van der Waals surface area contributed by atoms with Gasteiger partial charge in [-0.05, 0) is 35.9 Å².